The minimum absolute atomic E-state index is 0.750. The van der Waals surface area contributed by atoms with E-state index in [0.29, 0.717) is 0 Å². The minimum atomic E-state index is 0.750. The van der Waals surface area contributed by atoms with E-state index in [9.17, 15) is 0 Å². The van der Waals surface area contributed by atoms with Crippen molar-refractivity contribution in [3.05, 3.63) is 12.2 Å². The number of rotatable bonds is 0. The summed E-state index contributed by atoms with van der Waals surface area (Å²) < 4.78 is 0. The molecule has 0 fully saturated rings. The molecule has 0 aromatic carbocycles. The molecule has 0 saturated carbocycles. The van der Waals surface area contributed by atoms with Crippen LogP contribution in [0, 0.1) is 0 Å². The monoisotopic (exact) mass is 131 g/mol. The van der Waals surface area contributed by atoms with Gasteiger partial charge in [0, 0.05) is 0 Å². The smallest absolute Gasteiger partial charge is 0.0106 e. The summed E-state index contributed by atoms with van der Waals surface area (Å²) in [5.41, 5.74) is 6.01. The van der Waals surface area contributed by atoms with Crippen LogP contribution in [0.1, 0.15) is 34.6 Å². The number of nitrogens with two attached hydrogens (primary N) is 1. The molecule has 0 radical (unpaired) electrons. The Hall–Kier alpha value is -0.300. The van der Waals surface area contributed by atoms with Crippen LogP contribution in [0.2, 0.25) is 0 Å². The van der Waals surface area contributed by atoms with E-state index in [-0.39, 0.29) is 0 Å². The molecule has 9 heavy (non-hydrogen) atoms. The standard InChI is InChI=1S/C4H8.C2H7N.C2H6/c1-4(2)3;1-2-3;1-2/h1H2,2-3H3;2-3H2,1H3;1-2H3. The summed E-state index contributed by atoms with van der Waals surface area (Å²) in [7, 11) is 0. The molecule has 0 aliphatic rings. The molecule has 0 aliphatic heterocycles. The van der Waals surface area contributed by atoms with Crippen molar-refractivity contribution in [3.8, 4) is 0 Å². The third-order valence-corrected chi connectivity index (χ3v) is 0. The molecular weight excluding hydrogens is 110 g/mol. The highest BCUT2D eigenvalue weighted by Gasteiger charge is 1.51. The summed E-state index contributed by atoms with van der Waals surface area (Å²) in [5.74, 6) is 0. The van der Waals surface area contributed by atoms with Crippen molar-refractivity contribution in [1.29, 1.82) is 0 Å². The van der Waals surface area contributed by atoms with Gasteiger partial charge in [-0.05, 0) is 20.4 Å². The SMILES string of the molecule is C=C(C)C.CC.CCN. The van der Waals surface area contributed by atoms with Crippen molar-refractivity contribution in [2.45, 2.75) is 34.6 Å². The number of allylic oxidation sites excluding steroid dienone is 1. The Kier molecular flexibility index (Phi) is 44.5. The molecular formula is C8H21N. The molecule has 0 unspecified atom stereocenters. The Bertz CT molecular complexity index is 35.8. The van der Waals surface area contributed by atoms with Gasteiger partial charge in [-0.3, -0.25) is 0 Å². The van der Waals surface area contributed by atoms with Crippen molar-refractivity contribution in [1.82, 2.24) is 0 Å². The molecule has 0 aliphatic carbocycles. The summed E-state index contributed by atoms with van der Waals surface area (Å²) in [5, 5.41) is 0. The van der Waals surface area contributed by atoms with Crippen LogP contribution >= 0.6 is 0 Å². The summed E-state index contributed by atoms with van der Waals surface area (Å²) in [6.45, 7) is 14.2. The molecule has 0 heterocycles. The van der Waals surface area contributed by atoms with Gasteiger partial charge in [-0.25, -0.2) is 0 Å². The Morgan fingerprint density at radius 2 is 1.33 bits per heavy atom. The molecule has 58 valence electrons. The van der Waals surface area contributed by atoms with E-state index in [0.717, 1.165) is 6.54 Å². The lowest BCUT2D eigenvalue weighted by Gasteiger charge is -1.65. The lowest BCUT2D eigenvalue weighted by atomic mass is 10.4. The summed E-state index contributed by atoms with van der Waals surface area (Å²) in [6, 6.07) is 0. The molecule has 1 nitrogen and oxygen atoms in total. The lowest BCUT2D eigenvalue weighted by Crippen LogP contribution is -1.87. The van der Waals surface area contributed by atoms with Gasteiger partial charge in [0.15, 0.2) is 0 Å². The molecule has 0 aromatic rings. The van der Waals surface area contributed by atoms with Crippen molar-refractivity contribution in [2.24, 2.45) is 5.73 Å². The first-order chi connectivity index (χ1) is 4.15. The average molecular weight is 131 g/mol. The molecule has 1 heteroatoms. The van der Waals surface area contributed by atoms with Crippen LogP contribution in [-0.4, -0.2) is 6.54 Å². The third kappa shape index (κ3) is 2780. The topological polar surface area (TPSA) is 26.0 Å². The molecule has 0 spiro atoms. The van der Waals surface area contributed by atoms with E-state index in [1.54, 1.807) is 0 Å². The van der Waals surface area contributed by atoms with Gasteiger partial charge in [0.05, 0.1) is 0 Å². The van der Waals surface area contributed by atoms with Crippen LogP contribution in [0.15, 0.2) is 12.2 Å². The molecule has 0 bridgehead atoms. The highest BCUT2D eigenvalue weighted by atomic mass is 14.5. The zero-order chi connectivity index (χ0) is 8.28. The average Bonchev–Trinajstić information content (AvgIpc) is 1.71. The zero-order valence-corrected chi connectivity index (χ0v) is 7.49. The molecule has 2 N–H and O–H groups in total. The van der Waals surface area contributed by atoms with Crippen LogP contribution in [-0.2, 0) is 0 Å². The van der Waals surface area contributed by atoms with Crippen LogP contribution < -0.4 is 5.73 Å². The highest BCUT2D eigenvalue weighted by Crippen LogP contribution is 1.73. The Balaban J connectivity index is -0.0000000646. The van der Waals surface area contributed by atoms with Gasteiger partial charge in [-0.15, -0.1) is 6.58 Å². The van der Waals surface area contributed by atoms with Crippen LogP contribution in [0.5, 0.6) is 0 Å². The first kappa shape index (κ1) is 15.9. The molecule has 0 amide bonds. The summed E-state index contributed by atoms with van der Waals surface area (Å²) >= 11 is 0. The van der Waals surface area contributed by atoms with Gasteiger partial charge in [0.1, 0.15) is 0 Å². The maximum atomic E-state index is 4.85. The zero-order valence-electron chi connectivity index (χ0n) is 7.49. The predicted octanol–water partition coefficient (Wildman–Crippen LogP) is 2.57. The predicted molar refractivity (Wildman–Crippen MR) is 46.6 cm³/mol. The van der Waals surface area contributed by atoms with Crippen molar-refractivity contribution in [3.63, 3.8) is 0 Å². The Morgan fingerprint density at radius 3 is 1.33 bits per heavy atom. The van der Waals surface area contributed by atoms with Gasteiger partial charge < -0.3 is 5.73 Å². The van der Waals surface area contributed by atoms with Crippen LogP contribution in [0.4, 0.5) is 0 Å². The number of hydrogen-bond acceptors (Lipinski definition) is 1. The second kappa shape index (κ2) is 25.2. The normalized spacial score (nSPS) is 5.56. The number of hydrogen-bond donors (Lipinski definition) is 1. The van der Waals surface area contributed by atoms with Gasteiger partial charge in [-0.2, -0.15) is 0 Å². The van der Waals surface area contributed by atoms with Gasteiger partial charge in [0.2, 0.25) is 0 Å². The second-order valence-corrected chi connectivity index (χ2v) is 1.62. The second-order valence-electron chi connectivity index (χ2n) is 1.62. The van der Waals surface area contributed by atoms with Crippen molar-refractivity contribution < 1.29 is 0 Å². The van der Waals surface area contributed by atoms with E-state index >= 15 is 0 Å². The van der Waals surface area contributed by atoms with Gasteiger partial charge in [-0.1, -0.05) is 26.3 Å². The van der Waals surface area contributed by atoms with E-state index in [2.05, 4.69) is 6.58 Å². The van der Waals surface area contributed by atoms with Crippen molar-refractivity contribution >= 4 is 0 Å². The van der Waals surface area contributed by atoms with E-state index in [1.807, 2.05) is 34.6 Å². The summed E-state index contributed by atoms with van der Waals surface area (Å²) in [6.07, 6.45) is 0. The largest absolute Gasteiger partial charge is 0.331 e. The fourth-order valence-electron chi connectivity index (χ4n) is 0. The van der Waals surface area contributed by atoms with E-state index < -0.39 is 0 Å². The fourth-order valence-corrected chi connectivity index (χ4v) is 0. The Morgan fingerprint density at radius 1 is 1.33 bits per heavy atom. The van der Waals surface area contributed by atoms with Gasteiger partial charge in [0.25, 0.3) is 0 Å². The van der Waals surface area contributed by atoms with Crippen LogP contribution in [0.3, 0.4) is 0 Å². The molecule has 0 saturated heterocycles. The third-order valence-electron chi connectivity index (χ3n) is 0. The molecule has 0 atom stereocenters. The fraction of sp³-hybridized carbons (Fsp3) is 0.750. The van der Waals surface area contributed by atoms with Crippen LogP contribution in [0.25, 0.3) is 0 Å². The molecule has 0 rings (SSSR count). The van der Waals surface area contributed by atoms with E-state index in [1.165, 1.54) is 5.57 Å². The first-order valence-electron chi connectivity index (χ1n) is 3.47. The quantitative estimate of drug-likeness (QED) is 0.502. The maximum Gasteiger partial charge on any atom is -0.0106 e. The van der Waals surface area contributed by atoms with Gasteiger partial charge >= 0.3 is 0 Å². The van der Waals surface area contributed by atoms with Crippen molar-refractivity contribution in [2.75, 3.05) is 6.54 Å². The first-order valence-corrected chi connectivity index (χ1v) is 3.47. The highest BCUT2D eigenvalue weighted by molar-refractivity contribution is 4.78. The lowest BCUT2D eigenvalue weighted by molar-refractivity contribution is 1.14. The minimum Gasteiger partial charge on any atom is -0.331 e. The van der Waals surface area contributed by atoms with E-state index in [4.69, 9.17) is 5.73 Å². The maximum absolute atomic E-state index is 4.85. The Labute approximate surface area is 60.0 Å². The molecule has 0 aromatic heterocycles. The summed E-state index contributed by atoms with van der Waals surface area (Å²) in [4.78, 5) is 0.